The topological polar surface area (TPSA) is 59.1 Å². The van der Waals surface area contributed by atoms with Crippen LogP contribution in [0.3, 0.4) is 0 Å². The number of methoxy groups -OCH3 is 1. The SMILES string of the molecule is COC(=O)C1=C(CN2CCCCC2)N(C)C(C)=C(COC=O)C1c1ccc(C(F)(F)F)cc1. The molecule has 1 aromatic rings. The summed E-state index contributed by atoms with van der Waals surface area (Å²) in [6.45, 7) is 4.39. The Balaban J connectivity index is 2.14. The van der Waals surface area contributed by atoms with Crippen LogP contribution < -0.4 is 0 Å². The van der Waals surface area contributed by atoms with E-state index < -0.39 is 23.6 Å². The van der Waals surface area contributed by atoms with Crippen molar-refractivity contribution in [1.82, 2.24) is 9.80 Å². The van der Waals surface area contributed by atoms with Gasteiger partial charge in [0.05, 0.1) is 18.2 Å². The molecule has 0 amide bonds. The monoisotopic (exact) mass is 466 g/mol. The van der Waals surface area contributed by atoms with Crippen LogP contribution in [0.5, 0.6) is 0 Å². The van der Waals surface area contributed by atoms with Gasteiger partial charge in [-0.3, -0.25) is 9.69 Å². The summed E-state index contributed by atoms with van der Waals surface area (Å²) in [5.41, 5.74) is 2.20. The zero-order valence-electron chi connectivity index (χ0n) is 19.1. The first-order valence-corrected chi connectivity index (χ1v) is 10.9. The van der Waals surface area contributed by atoms with E-state index in [1.807, 2.05) is 18.9 Å². The van der Waals surface area contributed by atoms with E-state index in [-0.39, 0.29) is 6.61 Å². The summed E-state index contributed by atoms with van der Waals surface area (Å²) in [7, 11) is 3.12. The van der Waals surface area contributed by atoms with Gasteiger partial charge < -0.3 is 14.4 Å². The minimum atomic E-state index is -4.47. The largest absolute Gasteiger partial charge is 0.466 e. The number of hydrogen-bond acceptors (Lipinski definition) is 6. The van der Waals surface area contributed by atoms with Gasteiger partial charge in [-0.25, -0.2) is 4.79 Å². The number of likely N-dealkylation sites (tertiary alicyclic amines) is 1. The number of carbonyl (C=O) groups excluding carboxylic acids is 2. The fourth-order valence-corrected chi connectivity index (χ4v) is 4.56. The number of rotatable bonds is 7. The summed E-state index contributed by atoms with van der Waals surface area (Å²) in [6, 6.07) is 4.74. The lowest BCUT2D eigenvalue weighted by Gasteiger charge is -2.40. The molecule has 6 nitrogen and oxygen atoms in total. The van der Waals surface area contributed by atoms with Crippen LogP contribution in [-0.2, 0) is 25.2 Å². The molecule has 0 aromatic heterocycles. The summed E-state index contributed by atoms with van der Waals surface area (Å²) < 4.78 is 49.6. The number of nitrogens with zero attached hydrogens (tertiary/aromatic N) is 2. The third-order valence-electron chi connectivity index (χ3n) is 6.43. The van der Waals surface area contributed by atoms with Crippen LogP contribution in [-0.4, -0.2) is 62.6 Å². The second-order valence-electron chi connectivity index (χ2n) is 8.32. The minimum absolute atomic E-state index is 0.0944. The number of allylic oxidation sites excluding steroid dienone is 1. The first-order chi connectivity index (χ1) is 15.7. The standard InChI is InChI=1S/C24H29F3N2O4/c1-16-19(14-33-15-30)21(17-7-9-18(10-8-17)24(25,26)27)22(23(31)32-3)20(28(16)2)13-29-11-5-4-6-12-29/h7-10,15,21H,4-6,11-14H2,1-3H3. The van der Waals surface area contributed by atoms with Crippen LogP contribution in [0.25, 0.3) is 0 Å². The van der Waals surface area contributed by atoms with E-state index in [1.165, 1.54) is 19.2 Å². The van der Waals surface area contributed by atoms with Gasteiger partial charge in [-0.15, -0.1) is 0 Å². The van der Waals surface area contributed by atoms with Crippen LogP contribution >= 0.6 is 0 Å². The average molecular weight is 467 g/mol. The number of likely N-dealkylation sites (N-methyl/N-ethyl adjacent to an activating group) is 1. The lowest BCUT2D eigenvalue weighted by molar-refractivity contribution is -0.138. The van der Waals surface area contributed by atoms with E-state index in [9.17, 15) is 22.8 Å². The van der Waals surface area contributed by atoms with Crippen LogP contribution in [0.4, 0.5) is 13.2 Å². The molecule has 0 spiro atoms. The van der Waals surface area contributed by atoms with E-state index in [0.717, 1.165) is 55.9 Å². The van der Waals surface area contributed by atoms with E-state index >= 15 is 0 Å². The molecule has 1 unspecified atom stereocenters. The van der Waals surface area contributed by atoms with E-state index in [4.69, 9.17) is 9.47 Å². The van der Waals surface area contributed by atoms with Gasteiger partial charge in [0.1, 0.15) is 6.61 Å². The van der Waals surface area contributed by atoms with E-state index in [1.54, 1.807) is 0 Å². The number of halogens is 3. The van der Waals surface area contributed by atoms with Crippen molar-refractivity contribution in [2.24, 2.45) is 0 Å². The van der Waals surface area contributed by atoms with E-state index in [0.29, 0.717) is 29.7 Å². The van der Waals surface area contributed by atoms with Crippen molar-refractivity contribution >= 4 is 12.4 Å². The molecule has 9 heteroatoms. The molecule has 1 atom stereocenters. The van der Waals surface area contributed by atoms with Crippen LogP contribution in [0, 0.1) is 0 Å². The molecule has 0 saturated carbocycles. The molecule has 2 aliphatic rings. The maximum Gasteiger partial charge on any atom is 0.416 e. The Morgan fingerprint density at radius 1 is 1.15 bits per heavy atom. The number of hydrogen-bond donors (Lipinski definition) is 0. The molecule has 2 heterocycles. The molecular formula is C24H29F3N2O4. The molecule has 1 saturated heterocycles. The highest BCUT2D eigenvalue weighted by Gasteiger charge is 2.38. The Morgan fingerprint density at radius 2 is 1.79 bits per heavy atom. The third-order valence-corrected chi connectivity index (χ3v) is 6.43. The van der Waals surface area contributed by atoms with Gasteiger partial charge in [0.2, 0.25) is 0 Å². The third kappa shape index (κ3) is 5.40. The normalized spacial score (nSPS) is 20.2. The molecule has 180 valence electrons. The van der Waals surface area contributed by atoms with Gasteiger partial charge in [-0.2, -0.15) is 13.2 Å². The predicted octanol–water partition coefficient (Wildman–Crippen LogP) is 4.09. The van der Waals surface area contributed by atoms with Gasteiger partial charge in [0, 0.05) is 30.9 Å². The Bertz CT molecular complexity index is 932. The second-order valence-corrected chi connectivity index (χ2v) is 8.32. The Hall–Kier alpha value is -2.81. The lowest BCUT2D eigenvalue weighted by atomic mass is 9.79. The quantitative estimate of drug-likeness (QED) is 0.446. The van der Waals surface area contributed by atoms with Crippen LogP contribution in [0.1, 0.15) is 43.2 Å². The summed E-state index contributed by atoms with van der Waals surface area (Å²) in [5.74, 6) is -1.26. The van der Waals surface area contributed by atoms with Crippen LogP contribution in [0.15, 0.2) is 46.8 Å². The van der Waals surface area contributed by atoms with Crippen molar-refractivity contribution in [2.45, 2.75) is 38.3 Å². The van der Waals surface area contributed by atoms with Gasteiger partial charge in [-0.05, 0) is 56.1 Å². The van der Waals surface area contributed by atoms with Crippen molar-refractivity contribution in [3.8, 4) is 0 Å². The van der Waals surface area contributed by atoms with Gasteiger partial charge in [0.25, 0.3) is 6.47 Å². The van der Waals surface area contributed by atoms with Crippen molar-refractivity contribution < 1.29 is 32.2 Å². The molecule has 1 aromatic carbocycles. The maximum atomic E-state index is 13.1. The minimum Gasteiger partial charge on any atom is -0.466 e. The molecular weight excluding hydrogens is 437 g/mol. The van der Waals surface area contributed by atoms with E-state index in [2.05, 4.69) is 4.90 Å². The highest BCUT2D eigenvalue weighted by atomic mass is 19.4. The van der Waals surface area contributed by atoms with Crippen molar-refractivity contribution in [3.05, 3.63) is 57.9 Å². The predicted molar refractivity (Wildman–Crippen MR) is 116 cm³/mol. The molecule has 1 fully saturated rings. The summed E-state index contributed by atoms with van der Waals surface area (Å²) in [5, 5.41) is 0. The second kappa shape index (κ2) is 10.4. The fourth-order valence-electron chi connectivity index (χ4n) is 4.56. The molecule has 0 aliphatic carbocycles. The Kier molecular flexibility index (Phi) is 7.84. The Morgan fingerprint density at radius 3 is 2.33 bits per heavy atom. The summed E-state index contributed by atoms with van der Waals surface area (Å²) in [4.78, 5) is 28.2. The highest BCUT2D eigenvalue weighted by molar-refractivity contribution is 5.92. The van der Waals surface area contributed by atoms with Gasteiger partial charge >= 0.3 is 12.1 Å². The fraction of sp³-hybridized carbons (Fsp3) is 0.500. The number of piperidine rings is 1. The number of esters is 1. The average Bonchev–Trinajstić information content (AvgIpc) is 2.81. The molecule has 3 rings (SSSR count). The Labute approximate surface area is 191 Å². The highest BCUT2D eigenvalue weighted by Crippen LogP contribution is 2.43. The zero-order chi connectivity index (χ0) is 24.2. The lowest BCUT2D eigenvalue weighted by Crippen LogP contribution is -2.40. The number of carbonyl (C=O) groups is 2. The number of ether oxygens (including phenoxy) is 2. The summed E-state index contributed by atoms with van der Waals surface area (Å²) in [6.07, 6.45) is -1.17. The molecule has 0 N–H and O–H groups in total. The number of alkyl halides is 3. The molecule has 0 bridgehead atoms. The van der Waals surface area contributed by atoms with Crippen molar-refractivity contribution in [3.63, 3.8) is 0 Å². The van der Waals surface area contributed by atoms with Crippen molar-refractivity contribution in [1.29, 1.82) is 0 Å². The molecule has 33 heavy (non-hydrogen) atoms. The van der Waals surface area contributed by atoms with Crippen molar-refractivity contribution in [2.75, 3.05) is 40.4 Å². The maximum absolute atomic E-state index is 13.1. The first-order valence-electron chi connectivity index (χ1n) is 10.9. The molecule has 2 aliphatic heterocycles. The zero-order valence-corrected chi connectivity index (χ0v) is 19.1. The molecule has 0 radical (unpaired) electrons. The smallest absolute Gasteiger partial charge is 0.416 e. The van der Waals surface area contributed by atoms with Gasteiger partial charge in [-0.1, -0.05) is 18.6 Å². The van der Waals surface area contributed by atoms with Gasteiger partial charge in [0.15, 0.2) is 0 Å². The summed E-state index contributed by atoms with van der Waals surface area (Å²) >= 11 is 0. The first kappa shape index (κ1) is 24.8. The number of benzene rings is 1. The van der Waals surface area contributed by atoms with Crippen LogP contribution in [0.2, 0.25) is 0 Å².